The number of amides is 1. The minimum absolute atomic E-state index is 0.0158. The van der Waals surface area contributed by atoms with Gasteiger partial charge >= 0.3 is 0 Å². The topological polar surface area (TPSA) is 54.0 Å². The lowest BCUT2D eigenvalue weighted by molar-refractivity contribution is -0.120. The van der Waals surface area contributed by atoms with Crippen LogP contribution in [-0.2, 0) is 4.79 Å². The molecule has 28 heavy (non-hydrogen) atoms. The lowest BCUT2D eigenvalue weighted by Gasteiger charge is -2.38. The van der Waals surface area contributed by atoms with E-state index in [9.17, 15) is 4.79 Å². The fourth-order valence-electron chi connectivity index (χ4n) is 3.37. The van der Waals surface area contributed by atoms with Crippen LogP contribution in [0.5, 0.6) is 11.5 Å². The molecule has 0 aromatic heterocycles. The van der Waals surface area contributed by atoms with Gasteiger partial charge in [0.05, 0.1) is 19.8 Å². The third kappa shape index (κ3) is 4.95. The van der Waals surface area contributed by atoms with Crippen LogP contribution in [0.15, 0.2) is 48.5 Å². The van der Waals surface area contributed by atoms with E-state index in [4.69, 9.17) is 9.47 Å². The minimum Gasteiger partial charge on any atom is -0.497 e. The summed E-state index contributed by atoms with van der Waals surface area (Å²) in [6, 6.07) is 15.4. The number of hydrogen-bond acceptors (Lipinski definition) is 5. The van der Waals surface area contributed by atoms with Crippen molar-refractivity contribution in [2.24, 2.45) is 0 Å². The van der Waals surface area contributed by atoms with Gasteiger partial charge in [0.1, 0.15) is 11.5 Å². The summed E-state index contributed by atoms with van der Waals surface area (Å²) in [7, 11) is 1.67. The largest absolute Gasteiger partial charge is 0.497 e. The molecule has 1 aliphatic rings. The third-order valence-electron chi connectivity index (χ3n) is 5.11. The Bertz CT molecular complexity index is 754. The van der Waals surface area contributed by atoms with Crippen LogP contribution < -0.4 is 19.7 Å². The molecule has 0 bridgehead atoms. The second-order valence-corrected chi connectivity index (χ2v) is 6.84. The van der Waals surface area contributed by atoms with Crippen LogP contribution in [-0.4, -0.2) is 56.7 Å². The van der Waals surface area contributed by atoms with Gasteiger partial charge in [0.25, 0.3) is 0 Å². The van der Waals surface area contributed by atoms with Gasteiger partial charge in [0, 0.05) is 37.6 Å². The lowest BCUT2D eigenvalue weighted by Crippen LogP contribution is -2.52. The van der Waals surface area contributed by atoms with Crippen molar-refractivity contribution in [3.63, 3.8) is 0 Å². The van der Waals surface area contributed by atoms with Crippen LogP contribution in [0.1, 0.15) is 13.8 Å². The summed E-state index contributed by atoms with van der Waals surface area (Å²) in [6.07, 6.45) is 0. The molecule has 1 heterocycles. The standard InChI is InChI=1S/C22H29N3O3/c1-4-28-21-9-5-18(6-10-21)23-22(26)17(2)24-13-15-25(16-14-24)19-7-11-20(27-3)12-8-19/h5-12,17H,4,13-16H2,1-3H3,(H,23,26)/t17-/m1/s1. The number of piperazine rings is 1. The highest BCUT2D eigenvalue weighted by molar-refractivity contribution is 5.94. The second-order valence-electron chi connectivity index (χ2n) is 6.84. The van der Waals surface area contributed by atoms with E-state index >= 15 is 0 Å². The van der Waals surface area contributed by atoms with E-state index in [-0.39, 0.29) is 11.9 Å². The smallest absolute Gasteiger partial charge is 0.241 e. The molecular formula is C22H29N3O3. The van der Waals surface area contributed by atoms with Crippen molar-refractivity contribution >= 4 is 17.3 Å². The summed E-state index contributed by atoms with van der Waals surface area (Å²) < 4.78 is 10.7. The zero-order valence-electron chi connectivity index (χ0n) is 16.9. The molecule has 0 unspecified atom stereocenters. The highest BCUT2D eigenvalue weighted by atomic mass is 16.5. The molecule has 1 amide bonds. The first-order chi connectivity index (χ1) is 13.6. The Morgan fingerprint density at radius 2 is 1.61 bits per heavy atom. The van der Waals surface area contributed by atoms with Gasteiger partial charge < -0.3 is 19.7 Å². The number of hydrogen-bond donors (Lipinski definition) is 1. The molecule has 1 atom stereocenters. The molecule has 1 aliphatic heterocycles. The number of ether oxygens (including phenoxy) is 2. The van der Waals surface area contributed by atoms with E-state index < -0.39 is 0 Å². The summed E-state index contributed by atoms with van der Waals surface area (Å²) in [5.74, 6) is 1.69. The van der Waals surface area contributed by atoms with Gasteiger partial charge in [-0.1, -0.05) is 0 Å². The van der Waals surface area contributed by atoms with Crippen molar-refractivity contribution in [1.82, 2.24) is 4.90 Å². The molecule has 1 fully saturated rings. The van der Waals surface area contributed by atoms with Gasteiger partial charge in [0.2, 0.25) is 5.91 Å². The van der Waals surface area contributed by atoms with Crippen LogP contribution in [0, 0.1) is 0 Å². The number of methoxy groups -OCH3 is 1. The molecule has 2 aromatic rings. The van der Waals surface area contributed by atoms with E-state index in [1.54, 1.807) is 7.11 Å². The molecule has 0 spiro atoms. The molecule has 0 saturated carbocycles. The first-order valence-electron chi connectivity index (χ1n) is 9.77. The molecule has 3 rings (SSSR count). The number of benzene rings is 2. The number of carbonyl (C=O) groups is 1. The van der Waals surface area contributed by atoms with E-state index in [1.165, 1.54) is 5.69 Å². The van der Waals surface area contributed by atoms with E-state index in [2.05, 4.69) is 27.2 Å². The quantitative estimate of drug-likeness (QED) is 0.795. The van der Waals surface area contributed by atoms with E-state index in [1.807, 2.05) is 50.2 Å². The Hall–Kier alpha value is -2.73. The zero-order valence-corrected chi connectivity index (χ0v) is 16.9. The molecule has 6 heteroatoms. The average Bonchev–Trinajstić information content (AvgIpc) is 2.75. The van der Waals surface area contributed by atoms with Crippen molar-refractivity contribution in [3.8, 4) is 11.5 Å². The van der Waals surface area contributed by atoms with Crippen molar-refractivity contribution in [3.05, 3.63) is 48.5 Å². The maximum atomic E-state index is 12.6. The fourth-order valence-corrected chi connectivity index (χ4v) is 3.37. The van der Waals surface area contributed by atoms with Crippen LogP contribution >= 0.6 is 0 Å². The summed E-state index contributed by atoms with van der Waals surface area (Å²) >= 11 is 0. The summed E-state index contributed by atoms with van der Waals surface area (Å²) in [5, 5.41) is 3.00. The Balaban J connectivity index is 1.50. The molecule has 6 nitrogen and oxygen atoms in total. The van der Waals surface area contributed by atoms with Gasteiger partial charge in [0.15, 0.2) is 0 Å². The SMILES string of the molecule is CCOc1ccc(NC(=O)[C@@H](C)N2CCN(c3ccc(OC)cc3)CC2)cc1. The summed E-state index contributed by atoms with van der Waals surface area (Å²) in [6.45, 7) is 8.04. The molecule has 0 aliphatic carbocycles. The zero-order chi connectivity index (χ0) is 19.9. The monoisotopic (exact) mass is 383 g/mol. The maximum absolute atomic E-state index is 12.6. The first kappa shape index (κ1) is 20.0. The number of nitrogens with one attached hydrogen (secondary N) is 1. The van der Waals surface area contributed by atoms with Crippen LogP contribution in [0.25, 0.3) is 0 Å². The van der Waals surface area contributed by atoms with Gasteiger partial charge in [-0.25, -0.2) is 0 Å². The number of nitrogens with zero attached hydrogens (tertiary/aromatic N) is 2. The van der Waals surface area contributed by atoms with Gasteiger partial charge in [-0.05, 0) is 62.4 Å². The molecule has 1 saturated heterocycles. The molecule has 150 valence electrons. The van der Waals surface area contributed by atoms with E-state index in [0.717, 1.165) is 43.4 Å². The third-order valence-corrected chi connectivity index (χ3v) is 5.11. The summed E-state index contributed by atoms with van der Waals surface area (Å²) in [4.78, 5) is 17.2. The van der Waals surface area contributed by atoms with Crippen molar-refractivity contribution in [2.75, 3.05) is 50.1 Å². The van der Waals surface area contributed by atoms with Gasteiger partial charge in [-0.15, -0.1) is 0 Å². The molecule has 2 aromatic carbocycles. The molecule has 0 radical (unpaired) electrons. The minimum atomic E-state index is -0.176. The Morgan fingerprint density at radius 3 is 2.18 bits per heavy atom. The Kier molecular flexibility index (Phi) is 6.76. The number of carbonyl (C=O) groups excluding carboxylic acids is 1. The highest BCUT2D eigenvalue weighted by Gasteiger charge is 2.25. The number of rotatable bonds is 7. The predicted octanol–water partition coefficient (Wildman–Crippen LogP) is 3.24. The average molecular weight is 383 g/mol. The van der Waals surface area contributed by atoms with Gasteiger partial charge in [-0.2, -0.15) is 0 Å². The maximum Gasteiger partial charge on any atom is 0.241 e. The molecule has 1 N–H and O–H groups in total. The lowest BCUT2D eigenvalue weighted by atomic mass is 10.2. The van der Waals surface area contributed by atoms with Crippen LogP contribution in [0.4, 0.5) is 11.4 Å². The normalized spacial score (nSPS) is 15.8. The van der Waals surface area contributed by atoms with Crippen LogP contribution in [0.3, 0.4) is 0 Å². The second kappa shape index (κ2) is 9.46. The predicted molar refractivity (Wildman–Crippen MR) is 112 cm³/mol. The van der Waals surface area contributed by atoms with Crippen molar-refractivity contribution in [2.45, 2.75) is 19.9 Å². The van der Waals surface area contributed by atoms with Crippen LogP contribution in [0.2, 0.25) is 0 Å². The Morgan fingerprint density at radius 1 is 1.00 bits per heavy atom. The van der Waals surface area contributed by atoms with Gasteiger partial charge in [-0.3, -0.25) is 9.69 Å². The fraction of sp³-hybridized carbons (Fsp3) is 0.409. The number of anilines is 2. The first-order valence-corrected chi connectivity index (χ1v) is 9.77. The van der Waals surface area contributed by atoms with E-state index in [0.29, 0.717) is 6.61 Å². The van der Waals surface area contributed by atoms with Crippen molar-refractivity contribution in [1.29, 1.82) is 0 Å². The summed E-state index contributed by atoms with van der Waals surface area (Å²) in [5.41, 5.74) is 1.98. The molecular weight excluding hydrogens is 354 g/mol. The Labute approximate surface area is 167 Å². The highest BCUT2D eigenvalue weighted by Crippen LogP contribution is 2.21. The van der Waals surface area contributed by atoms with Crippen molar-refractivity contribution < 1.29 is 14.3 Å².